The van der Waals surface area contributed by atoms with E-state index in [1.165, 1.54) is 19.3 Å². The Labute approximate surface area is 100 Å². The Bertz CT molecular complexity index is 477. The van der Waals surface area contributed by atoms with E-state index < -0.39 is 0 Å². The third kappa shape index (κ3) is 0.456. The molecule has 0 saturated heterocycles. The summed E-state index contributed by atoms with van der Waals surface area (Å²) in [5, 5.41) is 0. The van der Waals surface area contributed by atoms with Gasteiger partial charge in [0.1, 0.15) is 11.6 Å². The third-order valence-corrected chi connectivity index (χ3v) is 7.97. The molecule has 7 aliphatic carbocycles. The first-order chi connectivity index (χ1) is 8.25. The molecule has 0 aromatic rings. The van der Waals surface area contributed by atoms with Gasteiger partial charge < -0.3 is 0 Å². The SMILES string of the molecule is O=C1C2C3CC4C5C(=O)C6(CCCCC16C35)C42. The second kappa shape index (κ2) is 1.94. The number of ketones is 2. The van der Waals surface area contributed by atoms with E-state index in [9.17, 15) is 9.59 Å². The van der Waals surface area contributed by atoms with E-state index in [0.717, 1.165) is 12.8 Å². The van der Waals surface area contributed by atoms with Gasteiger partial charge in [0.25, 0.3) is 0 Å². The Morgan fingerprint density at radius 3 is 1.76 bits per heavy atom. The van der Waals surface area contributed by atoms with Gasteiger partial charge in [-0.15, -0.1) is 0 Å². The topological polar surface area (TPSA) is 34.1 Å². The molecule has 0 amide bonds. The average Bonchev–Trinajstić information content (AvgIpc) is 3.04. The zero-order chi connectivity index (χ0) is 11.2. The minimum absolute atomic E-state index is 0.111. The summed E-state index contributed by atoms with van der Waals surface area (Å²) in [6, 6.07) is 0. The van der Waals surface area contributed by atoms with Crippen LogP contribution < -0.4 is 0 Å². The summed E-state index contributed by atoms with van der Waals surface area (Å²) < 4.78 is 0. The molecule has 88 valence electrons. The standard InChI is InChI=1S/C15H16O2/c16-12-9-6-5-7-8-10(6)14(12)3-1-2-4-15(14,11(7)9)13(8)17/h6-11H,1-5H2. The fourth-order valence-electron chi connectivity index (χ4n) is 8.26. The highest BCUT2D eigenvalue weighted by atomic mass is 16.1. The van der Waals surface area contributed by atoms with Crippen LogP contribution in [0.1, 0.15) is 32.1 Å². The lowest BCUT2D eigenvalue weighted by Gasteiger charge is -2.50. The predicted octanol–water partition coefficient (Wildman–Crippen LogP) is 1.83. The van der Waals surface area contributed by atoms with Gasteiger partial charge in [-0.25, -0.2) is 0 Å². The molecule has 0 aromatic heterocycles. The highest BCUT2D eigenvalue weighted by molar-refractivity contribution is 6.10. The molecule has 0 radical (unpaired) electrons. The molecular formula is C15H16O2. The second-order valence-electron chi connectivity index (χ2n) is 7.54. The zero-order valence-electron chi connectivity index (χ0n) is 9.82. The van der Waals surface area contributed by atoms with E-state index in [1.807, 2.05) is 0 Å². The fraction of sp³-hybridized carbons (Fsp3) is 0.867. The maximum absolute atomic E-state index is 12.8. The maximum Gasteiger partial charge on any atom is 0.144 e. The van der Waals surface area contributed by atoms with Gasteiger partial charge in [0.05, 0.1) is 0 Å². The molecule has 2 spiro atoms. The summed E-state index contributed by atoms with van der Waals surface area (Å²) in [5.41, 5.74) is -0.222. The van der Waals surface area contributed by atoms with Gasteiger partial charge in [-0.1, -0.05) is 12.8 Å². The fourth-order valence-corrected chi connectivity index (χ4v) is 8.26. The van der Waals surface area contributed by atoms with Crippen LogP contribution in [0.15, 0.2) is 0 Å². The maximum atomic E-state index is 12.8. The Hall–Kier alpha value is -0.660. The van der Waals surface area contributed by atoms with Crippen molar-refractivity contribution in [3.63, 3.8) is 0 Å². The summed E-state index contributed by atoms with van der Waals surface area (Å²) in [7, 11) is 0. The number of carbonyl (C=O) groups is 2. The van der Waals surface area contributed by atoms with Gasteiger partial charge >= 0.3 is 0 Å². The average molecular weight is 228 g/mol. The molecule has 7 rings (SSSR count). The van der Waals surface area contributed by atoms with Crippen LogP contribution in [0.3, 0.4) is 0 Å². The van der Waals surface area contributed by atoms with E-state index in [1.54, 1.807) is 0 Å². The molecular weight excluding hydrogens is 212 g/mol. The van der Waals surface area contributed by atoms with E-state index in [4.69, 9.17) is 0 Å². The number of hydrogen-bond acceptors (Lipinski definition) is 2. The molecule has 17 heavy (non-hydrogen) atoms. The highest BCUT2D eigenvalue weighted by Crippen LogP contribution is 2.91. The summed E-state index contributed by atoms with van der Waals surface area (Å²) in [5.74, 6) is 4.11. The van der Waals surface area contributed by atoms with Crippen molar-refractivity contribution in [2.75, 3.05) is 0 Å². The summed E-state index contributed by atoms with van der Waals surface area (Å²) in [6.07, 6.45) is 5.75. The van der Waals surface area contributed by atoms with Crippen molar-refractivity contribution in [3.05, 3.63) is 0 Å². The first kappa shape index (κ1) is 8.44. The molecule has 8 unspecified atom stereocenters. The van der Waals surface area contributed by atoms with E-state index >= 15 is 0 Å². The Balaban J connectivity index is 1.80. The molecule has 6 bridgehead atoms. The van der Waals surface area contributed by atoms with Gasteiger partial charge in [-0.2, -0.15) is 0 Å². The van der Waals surface area contributed by atoms with Crippen molar-refractivity contribution in [1.82, 2.24) is 0 Å². The Morgan fingerprint density at radius 2 is 1.29 bits per heavy atom. The lowest BCUT2D eigenvalue weighted by Crippen LogP contribution is -2.50. The predicted molar refractivity (Wildman–Crippen MR) is 58.9 cm³/mol. The number of hydrogen-bond donors (Lipinski definition) is 0. The van der Waals surface area contributed by atoms with Gasteiger partial charge in [-0.05, 0) is 42.9 Å². The van der Waals surface area contributed by atoms with Gasteiger partial charge in [0, 0.05) is 22.7 Å². The molecule has 8 atom stereocenters. The van der Waals surface area contributed by atoms with E-state index in [-0.39, 0.29) is 10.8 Å². The van der Waals surface area contributed by atoms with E-state index in [0.29, 0.717) is 47.1 Å². The Morgan fingerprint density at radius 1 is 0.824 bits per heavy atom. The smallest absolute Gasteiger partial charge is 0.144 e. The normalized spacial score (nSPS) is 72.2. The molecule has 0 aromatic carbocycles. The quantitative estimate of drug-likeness (QED) is 0.634. The molecule has 7 fully saturated rings. The van der Waals surface area contributed by atoms with Gasteiger partial charge in [0.15, 0.2) is 0 Å². The van der Waals surface area contributed by atoms with Crippen molar-refractivity contribution in [1.29, 1.82) is 0 Å². The van der Waals surface area contributed by atoms with Crippen molar-refractivity contribution in [2.24, 2.45) is 46.3 Å². The zero-order valence-corrected chi connectivity index (χ0v) is 9.82. The Kier molecular flexibility index (Phi) is 0.963. The lowest BCUT2D eigenvalue weighted by atomic mass is 9.50. The molecule has 0 N–H and O–H groups in total. The largest absolute Gasteiger partial charge is 0.299 e. The molecule has 7 aliphatic rings. The summed E-state index contributed by atoms with van der Waals surface area (Å²) in [6.45, 7) is 0. The number of carbonyl (C=O) groups excluding carboxylic acids is 2. The van der Waals surface area contributed by atoms with Crippen LogP contribution in [0.25, 0.3) is 0 Å². The highest BCUT2D eigenvalue weighted by Gasteiger charge is 2.95. The van der Waals surface area contributed by atoms with Crippen LogP contribution in [-0.2, 0) is 9.59 Å². The van der Waals surface area contributed by atoms with Crippen molar-refractivity contribution < 1.29 is 9.59 Å². The van der Waals surface area contributed by atoms with Crippen LogP contribution in [0, 0.1) is 46.3 Å². The first-order valence-electron chi connectivity index (χ1n) is 7.34. The molecule has 2 nitrogen and oxygen atoms in total. The second-order valence-corrected chi connectivity index (χ2v) is 7.54. The number of rotatable bonds is 0. The molecule has 2 heteroatoms. The van der Waals surface area contributed by atoms with Crippen LogP contribution >= 0.6 is 0 Å². The monoisotopic (exact) mass is 228 g/mol. The van der Waals surface area contributed by atoms with Crippen LogP contribution in [0.5, 0.6) is 0 Å². The minimum Gasteiger partial charge on any atom is -0.299 e. The molecule has 7 saturated carbocycles. The molecule has 0 heterocycles. The summed E-state index contributed by atoms with van der Waals surface area (Å²) >= 11 is 0. The first-order valence-corrected chi connectivity index (χ1v) is 7.34. The van der Waals surface area contributed by atoms with Crippen LogP contribution in [0.4, 0.5) is 0 Å². The van der Waals surface area contributed by atoms with Crippen molar-refractivity contribution >= 4 is 11.6 Å². The van der Waals surface area contributed by atoms with Gasteiger partial charge in [-0.3, -0.25) is 9.59 Å². The minimum atomic E-state index is -0.111. The summed E-state index contributed by atoms with van der Waals surface area (Å²) in [4.78, 5) is 25.7. The van der Waals surface area contributed by atoms with Gasteiger partial charge in [0.2, 0.25) is 0 Å². The van der Waals surface area contributed by atoms with E-state index in [2.05, 4.69) is 0 Å². The van der Waals surface area contributed by atoms with Crippen LogP contribution in [-0.4, -0.2) is 11.6 Å². The van der Waals surface area contributed by atoms with Crippen LogP contribution in [0.2, 0.25) is 0 Å². The molecule has 0 aliphatic heterocycles. The van der Waals surface area contributed by atoms with Crippen molar-refractivity contribution in [3.8, 4) is 0 Å². The third-order valence-electron chi connectivity index (χ3n) is 7.97. The number of Topliss-reactive ketones (excluding diaryl/α,β-unsaturated/α-hetero) is 2. The lowest BCUT2D eigenvalue weighted by molar-refractivity contribution is -0.141. The van der Waals surface area contributed by atoms with Crippen molar-refractivity contribution in [2.45, 2.75) is 32.1 Å².